The average Bonchev–Trinajstić information content (AvgIpc) is 2.53. The summed E-state index contributed by atoms with van der Waals surface area (Å²) >= 11 is 0. The highest BCUT2D eigenvalue weighted by molar-refractivity contribution is 5.85. The van der Waals surface area contributed by atoms with Gasteiger partial charge in [-0.2, -0.15) is 0 Å². The SMILES string of the molecule is Cc1ccc2c3c([nH]c2c1)CN(C)CC3. The number of aryl methyl sites for hydroxylation is 1. The van der Waals surface area contributed by atoms with Crippen LogP contribution in [0.15, 0.2) is 18.2 Å². The van der Waals surface area contributed by atoms with Crippen molar-refractivity contribution in [2.75, 3.05) is 13.6 Å². The molecule has 0 atom stereocenters. The Morgan fingerprint density at radius 1 is 1.33 bits per heavy atom. The van der Waals surface area contributed by atoms with Gasteiger partial charge >= 0.3 is 0 Å². The fourth-order valence-corrected chi connectivity index (χ4v) is 2.50. The lowest BCUT2D eigenvalue weighted by Crippen LogP contribution is -2.26. The highest BCUT2D eigenvalue weighted by atomic mass is 15.1. The summed E-state index contributed by atoms with van der Waals surface area (Å²) in [5, 5.41) is 1.42. The van der Waals surface area contributed by atoms with E-state index in [-0.39, 0.29) is 0 Å². The van der Waals surface area contributed by atoms with Crippen LogP contribution in [-0.4, -0.2) is 23.5 Å². The second-order valence-electron chi connectivity index (χ2n) is 4.62. The van der Waals surface area contributed by atoms with Crippen LogP contribution in [0.1, 0.15) is 16.8 Å². The monoisotopic (exact) mass is 200 g/mol. The van der Waals surface area contributed by atoms with Gasteiger partial charge in [0.25, 0.3) is 0 Å². The third-order valence-corrected chi connectivity index (χ3v) is 3.32. The maximum Gasteiger partial charge on any atom is 0.0461 e. The summed E-state index contributed by atoms with van der Waals surface area (Å²) in [5.74, 6) is 0. The Morgan fingerprint density at radius 3 is 3.07 bits per heavy atom. The minimum absolute atomic E-state index is 1.06. The molecule has 0 saturated carbocycles. The zero-order valence-corrected chi connectivity index (χ0v) is 9.30. The number of likely N-dealkylation sites (N-methyl/N-ethyl adjacent to an activating group) is 1. The van der Waals surface area contributed by atoms with Crippen LogP contribution in [0.2, 0.25) is 0 Å². The van der Waals surface area contributed by atoms with Crippen molar-refractivity contribution in [3.8, 4) is 0 Å². The zero-order valence-electron chi connectivity index (χ0n) is 9.30. The maximum absolute atomic E-state index is 3.55. The molecule has 0 radical (unpaired) electrons. The van der Waals surface area contributed by atoms with Gasteiger partial charge in [-0.1, -0.05) is 12.1 Å². The molecule has 1 aliphatic heterocycles. The van der Waals surface area contributed by atoms with E-state index in [1.165, 1.54) is 40.7 Å². The molecule has 0 spiro atoms. The highest BCUT2D eigenvalue weighted by Crippen LogP contribution is 2.27. The number of rotatable bonds is 0. The van der Waals surface area contributed by atoms with Crippen molar-refractivity contribution >= 4 is 10.9 Å². The lowest BCUT2D eigenvalue weighted by atomic mass is 10.0. The summed E-state index contributed by atoms with van der Waals surface area (Å²) in [6, 6.07) is 6.70. The van der Waals surface area contributed by atoms with Crippen molar-refractivity contribution < 1.29 is 0 Å². The van der Waals surface area contributed by atoms with Gasteiger partial charge < -0.3 is 9.88 Å². The molecule has 1 aromatic heterocycles. The van der Waals surface area contributed by atoms with Crippen LogP contribution in [0, 0.1) is 6.92 Å². The number of hydrogen-bond acceptors (Lipinski definition) is 1. The average molecular weight is 200 g/mol. The summed E-state index contributed by atoms with van der Waals surface area (Å²) in [7, 11) is 2.18. The van der Waals surface area contributed by atoms with E-state index in [1.54, 1.807) is 0 Å². The van der Waals surface area contributed by atoms with Gasteiger partial charge in [0.05, 0.1) is 0 Å². The number of fused-ring (bicyclic) bond motifs is 3. The summed E-state index contributed by atoms with van der Waals surface area (Å²) in [6.45, 7) is 4.38. The van der Waals surface area contributed by atoms with Crippen LogP contribution >= 0.6 is 0 Å². The normalized spacial score (nSPS) is 16.9. The Bertz CT molecular complexity index is 510. The Labute approximate surface area is 89.9 Å². The van der Waals surface area contributed by atoms with Gasteiger partial charge in [-0.15, -0.1) is 0 Å². The van der Waals surface area contributed by atoms with Crippen molar-refractivity contribution in [2.24, 2.45) is 0 Å². The van der Waals surface area contributed by atoms with Crippen LogP contribution in [0.25, 0.3) is 10.9 Å². The number of nitrogens with zero attached hydrogens (tertiary/aromatic N) is 1. The molecule has 1 aromatic carbocycles. The number of benzene rings is 1. The topological polar surface area (TPSA) is 19.0 Å². The minimum atomic E-state index is 1.06. The number of H-pyrrole nitrogens is 1. The van der Waals surface area contributed by atoms with Gasteiger partial charge in [-0.25, -0.2) is 0 Å². The largest absolute Gasteiger partial charge is 0.357 e. The minimum Gasteiger partial charge on any atom is -0.357 e. The first-order chi connectivity index (χ1) is 7.24. The van der Waals surface area contributed by atoms with Crippen LogP contribution in [0.5, 0.6) is 0 Å². The fraction of sp³-hybridized carbons (Fsp3) is 0.385. The van der Waals surface area contributed by atoms with Crippen molar-refractivity contribution in [1.29, 1.82) is 0 Å². The molecule has 0 bridgehead atoms. The number of hydrogen-bond donors (Lipinski definition) is 1. The molecule has 15 heavy (non-hydrogen) atoms. The van der Waals surface area contributed by atoms with Gasteiger partial charge in [0.1, 0.15) is 0 Å². The molecule has 3 rings (SSSR count). The molecule has 1 N–H and O–H groups in total. The third-order valence-electron chi connectivity index (χ3n) is 3.32. The molecule has 0 aliphatic carbocycles. The van der Waals surface area contributed by atoms with Crippen molar-refractivity contribution in [2.45, 2.75) is 19.9 Å². The Hall–Kier alpha value is -1.28. The molecule has 0 fully saturated rings. The van der Waals surface area contributed by atoms with Gasteiger partial charge in [-0.05, 0) is 37.6 Å². The fourth-order valence-electron chi connectivity index (χ4n) is 2.50. The number of nitrogens with one attached hydrogen (secondary N) is 1. The van der Waals surface area contributed by atoms with Gasteiger partial charge in [0.2, 0.25) is 0 Å². The van der Waals surface area contributed by atoms with Crippen LogP contribution in [0.3, 0.4) is 0 Å². The maximum atomic E-state index is 3.55. The van der Waals surface area contributed by atoms with E-state index in [0.717, 1.165) is 6.54 Å². The van der Waals surface area contributed by atoms with E-state index in [1.807, 2.05) is 0 Å². The van der Waals surface area contributed by atoms with Gasteiger partial charge in [0, 0.05) is 29.7 Å². The molecular formula is C13H16N2. The van der Waals surface area contributed by atoms with Gasteiger partial charge in [0.15, 0.2) is 0 Å². The molecular weight excluding hydrogens is 184 g/mol. The Kier molecular flexibility index (Phi) is 1.86. The van der Waals surface area contributed by atoms with Crippen molar-refractivity contribution in [3.63, 3.8) is 0 Å². The predicted molar refractivity (Wildman–Crippen MR) is 63.1 cm³/mol. The van der Waals surface area contributed by atoms with E-state index in [4.69, 9.17) is 0 Å². The standard InChI is InChI=1S/C13H16N2/c1-9-3-4-10-11-5-6-15(2)8-13(11)14-12(10)7-9/h3-4,7,14H,5-6,8H2,1-2H3. The zero-order chi connectivity index (χ0) is 10.4. The highest BCUT2D eigenvalue weighted by Gasteiger charge is 2.17. The smallest absolute Gasteiger partial charge is 0.0461 e. The lowest BCUT2D eigenvalue weighted by molar-refractivity contribution is 0.310. The molecule has 0 unspecified atom stereocenters. The molecule has 78 valence electrons. The summed E-state index contributed by atoms with van der Waals surface area (Å²) in [4.78, 5) is 5.91. The number of aromatic amines is 1. The molecule has 2 aromatic rings. The van der Waals surface area contributed by atoms with E-state index < -0.39 is 0 Å². The first kappa shape index (κ1) is 8.98. The number of aromatic nitrogens is 1. The molecule has 2 nitrogen and oxygen atoms in total. The first-order valence-corrected chi connectivity index (χ1v) is 5.52. The second kappa shape index (κ2) is 3.11. The van der Waals surface area contributed by atoms with Crippen LogP contribution in [0.4, 0.5) is 0 Å². The quantitative estimate of drug-likeness (QED) is 0.692. The summed E-state index contributed by atoms with van der Waals surface area (Å²) in [5.41, 5.74) is 5.57. The Balaban J connectivity index is 2.23. The third kappa shape index (κ3) is 1.37. The lowest BCUT2D eigenvalue weighted by Gasteiger charge is -2.22. The Morgan fingerprint density at radius 2 is 2.20 bits per heavy atom. The van der Waals surface area contributed by atoms with E-state index in [0.29, 0.717) is 0 Å². The molecule has 0 saturated heterocycles. The predicted octanol–water partition coefficient (Wildman–Crippen LogP) is 2.46. The molecule has 0 amide bonds. The van der Waals surface area contributed by atoms with E-state index in [2.05, 4.69) is 42.1 Å². The van der Waals surface area contributed by atoms with E-state index in [9.17, 15) is 0 Å². The molecule has 2 heteroatoms. The van der Waals surface area contributed by atoms with Crippen molar-refractivity contribution in [3.05, 3.63) is 35.0 Å². The van der Waals surface area contributed by atoms with E-state index >= 15 is 0 Å². The van der Waals surface area contributed by atoms with Crippen LogP contribution < -0.4 is 0 Å². The molecule has 1 aliphatic rings. The van der Waals surface area contributed by atoms with Crippen LogP contribution in [-0.2, 0) is 13.0 Å². The summed E-state index contributed by atoms with van der Waals surface area (Å²) < 4.78 is 0. The summed E-state index contributed by atoms with van der Waals surface area (Å²) in [6.07, 6.45) is 1.18. The van der Waals surface area contributed by atoms with Gasteiger partial charge in [-0.3, -0.25) is 0 Å². The second-order valence-corrected chi connectivity index (χ2v) is 4.62. The van der Waals surface area contributed by atoms with Crippen molar-refractivity contribution in [1.82, 2.24) is 9.88 Å². The first-order valence-electron chi connectivity index (χ1n) is 5.52. The molecule has 2 heterocycles.